The minimum absolute atomic E-state index is 0.0995. The molecular formula is C21H26N4O3. The van der Waals surface area contributed by atoms with Crippen molar-refractivity contribution in [3.8, 4) is 0 Å². The van der Waals surface area contributed by atoms with E-state index in [1.54, 1.807) is 0 Å². The largest absolute Gasteiger partial charge is 0.354 e. The molecule has 3 rings (SSSR count). The van der Waals surface area contributed by atoms with E-state index in [4.69, 9.17) is 0 Å². The number of amides is 3. The van der Waals surface area contributed by atoms with Crippen molar-refractivity contribution in [1.29, 1.82) is 0 Å². The van der Waals surface area contributed by atoms with Crippen LogP contribution in [0.15, 0.2) is 42.5 Å². The Balaban J connectivity index is 1.69. The highest BCUT2D eigenvalue weighted by Crippen LogP contribution is 2.18. The van der Waals surface area contributed by atoms with Crippen LogP contribution in [0.5, 0.6) is 0 Å². The highest BCUT2D eigenvalue weighted by Gasteiger charge is 2.28. The lowest BCUT2D eigenvalue weighted by atomic mass is 10.0. The zero-order valence-corrected chi connectivity index (χ0v) is 15.8. The van der Waals surface area contributed by atoms with Crippen LogP contribution < -0.4 is 21.3 Å². The predicted molar refractivity (Wildman–Crippen MR) is 108 cm³/mol. The summed E-state index contributed by atoms with van der Waals surface area (Å²) in [5.74, 6) is -1.32. The second kappa shape index (κ2) is 9.85. The molecule has 28 heavy (non-hydrogen) atoms. The van der Waals surface area contributed by atoms with Crippen LogP contribution in [0, 0.1) is 0 Å². The third-order valence-corrected chi connectivity index (χ3v) is 4.72. The first-order chi connectivity index (χ1) is 13.6. The van der Waals surface area contributed by atoms with Crippen LogP contribution in [0.3, 0.4) is 0 Å². The number of fused-ring (bicyclic) bond motifs is 1. The molecule has 2 aromatic carbocycles. The van der Waals surface area contributed by atoms with E-state index in [0.717, 1.165) is 42.3 Å². The topological polar surface area (TPSA) is 99.3 Å². The van der Waals surface area contributed by atoms with Crippen molar-refractivity contribution < 1.29 is 14.4 Å². The van der Waals surface area contributed by atoms with E-state index in [9.17, 15) is 14.4 Å². The van der Waals surface area contributed by atoms with Gasteiger partial charge >= 0.3 is 0 Å². The lowest BCUT2D eigenvalue weighted by Gasteiger charge is -2.19. The van der Waals surface area contributed by atoms with Gasteiger partial charge in [0.15, 0.2) is 6.04 Å². The van der Waals surface area contributed by atoms with E-state index in [-0.39, 0.29) is 12.3 Å². The Labute approximate surface area is 164 Å². The maximum atomic E-state index is 12.6. The highest BCUT2D eigenvalue weighted by molar-refractivity contribution is 6.07. The van der Waals surface area contributed by atoms with E-state index in [0.29, 0.717) is 13.1 Å². The molecule has 0 bridgehead atoms. The molecule has 4 N–H and O–H groups in total. The summed E-state index contributed by atoms with van der Waals surface area (Å²) in [7, 11) is 0. The second-order valence-electron chi connectivity index (χ2n) is 6.85. The molecule has 0 unspecified atom stereocenters. The normalized spacial score (nSPS) is 17.1. The van der Waals surface area contributed by atoms with Crippen molar-refractivity contribution in [3.63, 3.8) is 0 Å². The molecule has 0 aromatic heterocycles. The standard InChI is InChI=1S/C21H26N4O3/c26-18(14-16-8-3-7-15-6-1-2-9-17(15)16)25-19-20(27)23-12-4-10-22-11-5-13-24-21(19)28/h1-3,6-9,19,22H,4-5,10-14H2,(H,23,27)(H,24,28)(H,25,26). The average Bonchev–Trinajstić information content (AvgIpc) is 2.70. The van der Waals surface area contributed by atoms with Gasteiger partial charge in [0.1, 0.15) is 0 Å². The minimum Gasteiger partial charge on any atom is -0.354 e. The minimum atomic E-state index is -1.23. The summed E-state index contributed by atoms with van der Waals surface area (Å²) in [6.45, 7) is 2.50. The fraction of sp³-hybridized carbons (Fsp3) is 0.381. The van der Waals surface area contributed by atoms with Gasteiger partial charge in [0, 0.05) is 13.1 Å². The van der Waals surface area contributed by atoms with Gasteiger partial charge in [-0.25, -0.2) is 0 Å². The molecule has 1 aliphatic rings. The van der Waals surface area contributed by atoms with Gasteiger partial charge in [0.2, 0.25) is 5.91 Å². The number of carbonyl (C=O) groups is 3. The number of nitrogens with one attached hydrogen (secondary N) is 4. The smallest absolute Gasteiger partial charge is 0.252 e. The van der Waals surface area contributed by atoms with Crippen LogP contribution in [-0.4, -0.2) is 49.9 Å². The molecule has 7 heteroatoms. The summed E-state index contributed by atoms with van der Waals surface area (Å²) < 4.78 is 0. The molecule has 0 saturated carbocycles. The molecule has 1 aliphatic heterocycles. The molecule has 0 aliphatic carbocycles. The molecule has 1 heterocycles. The third kappa shape index (κ3) is 5.29. The van der Waals surface area contributed by atoms with Crippen molar-refractivity contribution in [2.45, 2.75) is 25.3 Å². The summed E-state index contributed by atoms with van der Waals surface area (Å²) in [6.07, 6.45) is 1.64. The van der Waals surface area contributed by atoms with Gasteiger partial charge < -0.3 is 21.3 Å². The third-order valence-electron chi connectivity index (χ3n) is 4.72. The Morgan fingerprint density at radius 1 is 0.893 bits per heavy atom. The molecule has 2 aromatic rings. The van der Waals surface area contributed by atoms with Gasteiger partial charge in [-0.05, 0) is 42.3 Å². The van der Waals surface area contributed by atoms with E-state index in [1.165, 1.54) is 0 Å². The van der Waals surface area contributed by atoms with Crippen molar-refractivity contribution in [2.24, 2.45) is 0 Å². The Kier molecular flexibility index (Phi) is 6.97. The fourth-order valence-electron chi connectivity index (χ4n) is 3.26. The lowest BCUT2D eigenvalue weighted by Crippen LogP contribution is -2.56. The van der Waals surface area contributed by atoms with Crippen LogP contribution >= 0.6 is 0 Å². The van der Waals surface area contributed by atoms with Gasteiger partial charge in [-0.2, -0.15) is 0 Å². The van der Waals surface area contributed by atoms with Gasteiger partial charge in [0.25, 0.3) is 11.8 Å². The molecule has 0 atom stereocenters. The van der Waals surface area contributed by atoms with Crippen molar-refractivity contribution in [3.05, 3.63) is 48.0 Å². The van der Waals surface area contributed by atoms with Crippen molar-refractivity contribution in [2.75, 3.05) is 26.2 Å². The Morgan fingerprint density at radius 3 is 2.25 bits per heavy atom. The molecule has 0 radical (unpaired) electrons. The van der Waals surface area contributed by atoms with Crippen LogP contribution in [0.25, 0.3) is 10.8 Å². The quantitative estimate of drug-likeness (QED) is 0.581. The molecular weight excluding hydrogens is 356 g/mol. The molecule has 1 fully saturated rings. The van der Waals surface area contributed by atoms with E-state index >= 15 is 0 Å². The average molecular weight is 382 g/mol. The van der Waals surface area contributed by atoms with E-state index in [2.05, 4.69) is 21.3 Å². The zero-order valence-electron chi connectivity index (χ0n) is 15.8. The summed E-state index contributed by atoms with van der Waals surface area (Å²) >= 11 is 0. The van der Waals surface area contributed by atoms with Crippen LogP contribution in [0.2, 0.25) is 0 Å². The molecule has 7 nitrogen and oxygen atoms in total. The maximum absolute atomic E-state index is 12.6. The van der Waals surface area contributed by atoms with Crippen LogP contribution in [0.4, 0.5) is 0 Å². The SMILES string of the molecule is O=C(Cc1cccc2ccccc12)NC1C(=O)NCCCNCCCNC1=O. The first-order valence-electron chi connectivity index (χ1n) is 9.67. The second-order valence-corrected chi connectivity index (χ2v) is 6.85. The summed E-state index contributed by atoms with van der Waals surface area (Å²) in [5, 5.41) is 13.3. The van der Waals surface area contributed by atoms with Crippen LogP contribution in [-0.2, 0) is 20.8 Å². The molecule has 1 saturated heterocycles. The van der Waals surface area contributed by atoms with Crippen molar-refractivity contribution >= 4 is 28.5 Å². The predicted octanol–water partition coefficient (Wildman–Crippen LogP) is 0.483. The zero-order chi connectivity index (χ0) is 19.8. The van der Waals surface area contributed by atoms with Gasteiger partial charge in [-0.1, -0.05) is 42.5 Å². The van der Waals surface area contributed by atoms with Crippen LogP contribution in [0.1, 0.15) is 18.4 Å². The van der Waals surface area contributed by atoms with E-state index < -0.39 is 17.9 Å². The Morgan fingerprint density at radius 2 is 1.54 bits per heavy atom. The monoisotopic (exact) mass is 382 g/mol. The first kappa shape index (κ1) is 19.8. The van der Waals surface area contributed by atoms with Crippen molar-refractivity contribution in [1.82, 2.24) is 21.3 Å². The summed E-state index contributed by atoms with van der Waals surface area (Å²) in [4.78, 5) is 37.5. The number of hydrogen-bond donors (Lipinski definition) is 4. The van der Waals surface area contributed by atoms with Gasteiger partial charge in [-0.15, -0.1) is 0 Å². The number of rotatable bonds is 3. The molecule has 148 valence electrons. The first-order valence-corrected chi connectivity index (χ1v) is 9.67. The maximum Gasteiger partial charge on any atom is 0.252 e. The van der Waals surface area contributed by atoms with Gasteiger partial charge in [0.05, 0.1) is 6.42 Å². The lowest BCUT2D eigenvalue weighted by molar-refractivity contribution is -0.136. The summed E-state index contributed by atoms with van der Waals surface area (Å²) in [5.41, 5.74) is 0.857. The molecule has 3 amide bonds. The number of hydrogen-bond acceptors (Lipinski definition) is 4. The number of benzene rings is 2. The number of carbonyl (C=O) groups excluding carboxylic acids is 3. The Bertz CT molecular complexity index is 825. The highest BCUT2D eigenvalue weighted by atomic mass is 16.2. The molecule has 0 spiro atoms. The Hall–Kier alpha value is -2.93. The van der Waals surface area contributed by atoms with Gasteiger partial charge in [-0.3, -0.25) is 14.4 Å². The summed E-state index contributed by atoms with van der Waals surface area (Å²) in [6, 6.07) is 12.4. The van der Waals surface area contributed by atoms with E-state index in [1.807, 2.05) is 42.5 Å². The fourth-order valence-corrected chi connectivity index (χ4v) is 3.26.